The van der Waals surface area contributed by atoms with Crippen LogP contribution in [-0.2, 0) is 10.0 Å². The van der Waals surface area contributed by atoms with Gasteiger partial charge in [-0.25, -0.2) is 12.7 Å². The molecular formula is C11H16BrNO2S. The van der Waals surface area contributed by atoms with Crippen LogP contribution in [0.2, 0.25) is 0 Å². The molecule has 0 atom stereocenters. The monoisotopic (exact) mass is 305 g/mol. The molecule has 0 fully saturated rings. The van der Waals surface area contributed by atoms with Crippen LogP contribution in [-0.4, -0.2) is 26.3 Å². The van der Waals surface area contributed by atoms with Crippen LogP contribution >= 0.6 is 15.9 Å². The van der Waals surface area contributed by atoms with E-state index in [1.54, 1.807) is 31.3 Å². The van der Waals surface area contributed by atoms with Crippen molar-refractivity contribution in [2.24, 2.45) is 0 Å². The Morgan fingerprint density at radius 2 is 1.94 bits per heavy atom. The number of rotatable bonds is 5. The van der Waals surface area contributed by atoms with E-state index >= 15 is 0 Å². The molecule has 0 aliphatic rings. The molecule has 1 aromatic rings. The van der Waals surface area contributed by atoms with Crippen LogP contribution in [0.15, 0.2) is 33.6 Å². The second-order valence-electron chi connectivity index (χ2n) is 3.61. The van der Waals surface area contributed by atoms with E-state index in [4.69, 9.17) is 0 Å². The van der Waals surface area contributed by atoms with Crippen molar-refractivity contribution in [3.63, 3.8) is 0 Å². The molecule has 0 bridgehead atoms. The zero-order valence-electron chi connectivity index (χ0n) is 9.48. The third-order valence-electron chi connectivity index (χ3n) is 2.35. The molecule has 0 saturated carbocycles. The lowest BCUT2D eigenvalue weighted by atomic mass is 10.3. The fourth-order valence-corrected chi connectivity index (χ4v) is 3.49. The van der Waals surface area contributed by atoms with Gasteiger partial charge in [-0.3, -0.25) is 0 Å². The highest BCUT2D eigenvalue weighted by atomic mass is 79.9. The van der Waals surface area contributed by atoms with E-state index in [0.29, 0.717) is 15.9 Å². The van der Waals surface area contributed by atoms with Gasteiger partial charge in [0.15, 0.2) is 0 Å². The van der Waals surface area contributed by atoms with Crippen LogP contribution in [0, 0.1) is 0 Å². The van der Waals surface area contributed by atoms with Gasteiger partial charge in [0.25, 0.3) is 0 Å². The third kappa shape index (κ3) is 3.06. The molecular weight excluding hydrogens is 290 g/mol. The molecule has 0 aliphatic heterocycles. The maximum atomic E-state index is 12.2. The van der Waals surface area contributed by atoms with Crippen molar-refractivity contribution < 1.29 is 8.42 Å². The summed E-state index contributed by atoms with van der Waals surface area (Å²) in [5, 5.41) is 0. The Labute approximate surface area is 106 Å². The summed E-state index contributed by atoms with van der Waals surface area (Å²) < 4.78 is 26.3. The number of hydrogen-bond donors (Lipinski definition) is 0. The highest BCUT2D eigenvalue weighted by molar-refractivity contribution is 9.10. The summed E-state index contributed by atoms with van der Waals surface area (Å²) in [5.74, 6) is 0. The topological polar surface area (TPSA) is 37.4 Å². The van der Waals surface area contributed by atoms with Gasteiger partial charge < -0.3 is 0 Å². The SMILES string of the molecule is CCCCN(C)S(=O)(=O)c1ccccc1Br. The molecule has 0 aromatic heterocycles. The average molecular weight is 306 g/mol. The van der Waals surface area contributed by atoms with Crippen molar-refractivity contribution in [1.29, 1.82) is 0 Å². The molecule has 0 saturated heterocycles. The molecule has 3 nitrogen and oxygen atoms in total. The molecule has 0 amide bonds. The fraction of sp³-hybridized carbons (Fsp3) is 0.455. The van der Waals surface area contributed by atoms with Gasteiger partial charge in [0, 0.05) is 18.1 Å². The maximum Gasteiger partial charge on any atom is 0.243 e. The highest BCUT2D eigenvalue weighted by Crippen LogP contribution is 2.23. The Kier molecular flexibility index (Phi) is 4.95. The molecule has 5 heteroatoms. The largest absolute Gasteiger partial charge is 0.243 e. The van der Waals surface area contributed by atoms with E-state index in [1.165, 1.54) is 4.31 Å². The molecule has 16 heavy (non-hydrogen) atoms. The number of halogens is 1. The Hall–Kier alpha value is -0.390. The van der Waals surface area contributed by atoms with E-state index in [9.17, 15) is 8.42 Å². The summed E-state index contributed by atoms with van der Waals surface area (Å²) in [6, 6.07) is 6.88. The molecule has 0 aliphatic carbocycles. The van der Waals surface area contributed by atoms with Crippen molar-refractivity contribution in [3.05, 3.63) is 28.7 Å². The van der Waals surface area contributed by atoms with Crippen LogP contribution < -0.4 is 0 Å². The smallest absolute Gasteiger partial charge is 0.207 e. The summed E-state index contributed by atoms with van der Waals surface area (Å²) in [6.07, 6.45) is 1.86. The van der Waals surface area contributed by atoms with Gasteiger partial charge in [0.1, 0.15) is 0 Å². The average Bonchev–Trinajstić information content (AvgIpc) is 2.26. The van der Waals surface area contributed by atoms with E-state index in [0.717, 1.165) is 12.8 Å². The van der Waals surface area contributed by atoms with Gasteiger partial charge in [0.05, 0.1) is 4.90 Å². The van der Waals surface area contributed by atoms with Gasteiger partial charge in [-0.1, -0.05) is 25.5 Å². The molecule has 1 rings (SSSR count). The molecule has 0 N–H and O–H groups in total. The van der Waals surface area contributed by atoms with Gasteiger partial charge in [-0.05, 0) is 34.5 Å². The summed E-state index contributed by atoms with van der Waals surface area (Å²) >= 11 is 3.26. The number of nitrogens with zero attached hydrogens (tertiary/aromatic N) is 1. The van der Waals surface area contributed by atoms with E-state index in [1.807, 2.05) is 6.92 Å². The first-order chi connectivity index (χ1) is 7.50. The fourth-order valence-electron chi connectivity index (χ4n) is 1.32. The zero-order valence-corrected chi connectivity index (χ0v) is 11.9. The Morgan fingerprint density at radius 1 is 1.31 bits per heavy atom. The first-order valence-corrected chi connectivity index (χ1v) is 7.44. The van der Waals surface area contributed by atoms with Crippen LogP contribution in [0.5, 0.6) is 0 Å². The molecule has 0 spiro atoms. The van der Waals surface area contributed by atoms with E-state index in [2.05, 4.69) is 15.9 Å². The Balaban J connectivity index is 2.98. The van der Waals surface area contributed by atoms with Crippen molar-refractivity contribution in [2.75, 3.05) is 13.6 Å². The predicted molar refractivity (Wildman–Crippen MR) is 68.9 cm³/mol. The quantitative estimate of drug-likeness (QED) is 0.839. The van der Waals surface area contributed by atoms with E-state index in [-0.39, 0.29) is 0 Å². The lowest BCUT2D eigenvalue weighted by Crippen LogP contribution is -2.28. The van der Waals surface area contributed by atoms with Crippen LogP contribution in [0.1, 0.15) is 19.8 Å². The van der Waals surface area contributed by atoms with Crippen molar-refractivity contribution >= 4 is 26.0 Å². The first-order valence-electron chi connectivity index (χ1n) is 5.21. The summed E-state index contributed by atoms with van der Waals surface area (Å²) in [5.41, 5.74) is 0. The minimum atomic E-state index is -3.36. The number of benzene rings is 1. The molecule has 90 valence electrons. The van der Waals surface area contributed by atoms with Crippen molar-refractivity contribution in [3.8, 4) is 0 Å². The van der Waals surface area contributed by atoms with Crippen LogP contribution in [0.4, 0.5) is 0 Å². The number of unbranched alkanes of at least 4 members (excludes halogenated alkanes) is 1. The van der Waals surface area contributed by atoms with Crippen molar-refractivity contribution in [1.82, 2.24) is 4.31 Å². The molecule has 0 radical (unpaired) electrons. The minimum Gasteiger partial charge on any atom is -0.207 e. The normalized spacial score (nSPS) is 12.0. The summed E-state index contributed by atoms with van der Waals surface area (Å²) in [6.45, 7) is 2.60. The Morgan fingerprint density at radius 3 is 2.50 bits per heavy atom. The van der Waals surface area contributed by atoms with Crippen molar-refractivity contribution in [2.45, 2.75) is 24.7 Å². The van der Waals surface area contributed by atoms with Crippen LogP contribution in [0.3, 0.4) is 0 Å². The number of sulfonamides is 1. The maximum absolute atomic E-state index is 12.2. The first kappa shape index (κ1) is 13.7. The third-order valence-corrected chi connectivity index (χ3v) is 5.22. The summed E-state index contributed by atoms with van der Waals surface area (Å²) in [7, 11) is -1.74. The van der Waals surface area contributed by atoms with Gasteiger partial charge >= 0.3 is 0 Å². The van der Waals surface area contributed by atoms with Gasteiger partial charge in [-0.15, -0.1) is 0 Å². The number of hydrogen-bond acceptors (Lipinski definition) is 2. The van der Waals surface area contributed by atoms with Gasteiger partial charge in [-0.2, -0.15) is 0 Å². The molecule has 0 heterocycles. The zero-order chi connectivity index (χ0) is 12.2. The minimum absolute atomic E-state index is 0.327. The lowest BCUT2D eigenvalue weighted by Gasteiger charge is -2.17. The second kappa shape index (κ2) is 5.80. The Bertz CT molecular complexity index is 445. The van der Waals surface area contributed by atoms with E-state index < -0.39 is 10.0 Å². The predicted octanol–water partition coefficient (Wildman–Crippen LogP) is 2.87. The standard InChI is InChI=1S/C11H16BrNO2S/c1-3-4-9-13(2)16(14,15)11-8-6-5-7-10(11)12/h5-8H,3-4,9H2,1-2H3. The highest BCUT2D eigenvalue weighted by Gasteiger charge is 2.22. The molecule has 1 aromatic carbocycles. The molecule has 0 unspecified atom stereocenters. The van der Waals surface area contributed by atoms with Crippen LogP contribution in [0.25, 0.3) is 0 Å². The van der Waals surface area contributed by atoms with Gasteiger partial charge in [0.2, 0.25) is 10.0 Å². The second-order valence-corrected chi connectivity index (χ2v) is 6.48. The summed E-state index contributed by atoms with van der Waals surface area (Å²) in [4.78, 5) is 0.327. The lowest BCUT2D eigenvalue weighted by molar-refractivity contribution is 0.459.